The van der Waals surface area contributed by atoms with Crippen molar-refractivity contribution in [3.63, 3.8) is 0 Å². The van der Waals surface area contributed by atoms with Gasteiger partial charge in [-0.15, -0.1) is 0 Å². The lowest BCUT2D eigenvalue weighted by atomic mass is 9.95. The zero-order valence-electron chi connectivity index (χ0n) is 19.0. The van der Waals surface area contributed by atoms with E-state index in [4.69, 9.17) is 16.3 Å². The fraction of sp³-hybridized carbons (Fsp3) is 0.360. The van der Waals surface area contributed by atoms with Crippen LogP contribution in [0.1, 0.15) is 37.9 Å². The van der Waals surface area contributed by atoms with E-state index < -0.39 is 29.3 Å². The number of amides is 1. The number of likely N-dealkylation sites (N-methyl/N-ethyl adjacent to an activating group) is 1. The van der Waals surface area contributed by atoms with Crippen LogP contribution in [0.5, 0.6) is 5.75 Å². The number of nitrogens with zero attached hydrogens (tertiary/aromatic N) is 2. The Bertz CT molecular complexity index is 1070. The molecule has 0 aromatic heterocycles. The number of ketones is 1. The number of halogens is 2. The van der Waals surface area contributed by atoms with Gasteiger partial charge in [-0.05, 0) is 44.3 Å². The smallest absolute Gasteiger partial charge is 0.295 e. The molecule has 33 heavy (non-hydrogen) atoms. The number of hydrogen-bond donors (Lipinski definition) is 1. The number of hydrogen-bond acceptors (Lipinski definition) is 5. The second-order valence-electron chi connectivity index (χ2n) is 7.62. The number of aliphatic hydroxyl groups excluding tert-OH is 1. The Kier molecular flexibility index (Phi) is 8.10. The Morgan fingerprint density at radius 3 is 2.48 bits per heavy atom. The van der Waals surface area contributed by atoms with Crippen LogP contribution in [0.3, 0.4) is 0 Å². The van der Waals surface area contributed by atoms with Crippen molar-refractivity contribution in [1.82, 2.24) is 9.80 Å². The highest BCUT2D eigenvalue weighted by atomic mass is 35.5. The van der Waals surface area contributed by atoms with Gasteiger partial charge in [-0.1, -0.05) is 43.6 Å². The van der Waals surface area contributed by atoms with E-state index in [1.807, 2.05) is 20.8 Å². The minimum absolute atomic E-state index is 0.134. The highest BCUT2D eigenvalue weighted by Gasteiger charge is 2.47. The average Bonchev–Trinajstić information content (AvgIpc) is 3.06. The van der Waals surface area contributed by atoms with Crippen molar-refractivity contribution in [3.8, 4) is 5.75 Å². The monoisotopic (exact) mass is 474 g/mol. The third kappa shape index (κ3) is 5.04. The molecule has 0 spiro atoms. The van der Waals surface area contributed by atoms with Gasteiger partial charge >= 0.3 is 0 Å². The van der Waals surface area contributed by atoms with Crippen LogP contribution in [-0.4, -0.2) is 59.4 Å². The van der Waals surface area contributed by atoms with Gasteiger partial charge in [0.05, 0.1) is 23.2 Å². The van der Waals surface area contributed by atoms with Crippen LogP contribution in [0.15, 0.2) is 48.0 Å². The number of Topliss-reactive ketones (excluding diaryl/α,β-unsaturated/α-hetero) is 1. The minimum atomic E-state index is -1.08. The third-order valence-electron chi connectivity index (χ3n) is 5.80. The maximum atomic E-state index is 14.9. The van der Waals surface area contributed by atoms with Crippen LogP contribution in [0.2, 0.25) is 5.02 Å². The van der Waals surface area contributed by atoms with E-state index in [-0.39, 0.29) is 28.3 Å². The van der Waals surface area contributed by atoms with Crippen molar-refractivity contribution < 1.29 is 23.8 Å². The number of carbonyl (C=O) groups is 2. The van der Waals surface area contributed by atoms with Crippen LogP contribution < -0.4 is 4.74 Å². The summed E-state index contributed by atoms with van der Waals surface area (Å²) in [6.07, 6.45) is 0. The molecule has 3 rings (SSSR count). The fourth-order valence-electron chi connectivity index (χ4n) is 4.01. The summed E-state index contributed by atoms with van der Waals surface area (Å²) >= 11 is 6.32. The summed E-state index contributed by atoms with van der Waals surface area (Å²) in [7, 11) is 0. The lowest BCUT2D eigenvalue weighted by Gasteiger charge is -2.28. The standard InChI is InChI=1S/C25H28ClFN2O4/c1-4-28(5-2)13-14-29-22(17-9-7-8-10-20(17)27)21(24(31)25(29)32)23(30)18-15-16(33-6-3)11-12-19(18)26/h7-12,15,22,30H,4-6,13-14H2,1-3H3/b23-21+. The van der Waals surface area contributed by atoms with E-state index in [0.717, 1.165) is 13.1 Å². The van der Waals surface area contributed by atoms with E-state index in [1.54, 1.807) is 12.1 Å². The molecule has 1 N–H and O–H groups in total. The normalized spacial score (nSPS) is 17.8. The molecule has 2 aromatic carbocycles. The molecular weight excluding hydrogens is 447 g/mol. The summed E-state index contributed by atoms with van der Waals surface area (Å²) < 4.78 is 20.4. The maximum absolute atomic E-state index is 14.9. The largest absolute Gasteiger partial charge is 0.507 e. The molecule has 2 aromatic rings. The molecule has 6 nitrogen and oxygen atoms in total. The Morgan fingerprint density at radius 1 is 1.15 bits per heavy atom. The summed E-state index contributed by atoms with van der Waals surface area (Å²) in [5.74, 6) is -2.25. The first-order chi connectivity index (χ1) is 15.8. The Morgan fingerprint density at radius 2 is 1.85 bits per heavy atom. The Labute approximate surface area is 198 Å². The fourth-order valence-corrected chi connectivity index (χ4v) is 4.21. The summed E-state index contributed by atoms with van der Waals surface area (Å²) in [5, 5.41) is 11.4. The first-order valence-corrected chi connectivity index (χ1v) is 11.4. The number of ether oxygens (including phenoxy) is 1. The van der Waals surface area contributed by atoms with Gasteiger partial charge in [0.1, 0.15) is 17.3 Å². The molecular formula is C25H28ClFN2O4. The third-order valence-corrected chi connectivity index (χ3v) is 6.12. The zero-order chi connectivity index (χ0) is 24.1. The molecule has 1 atom stereocenters. The van der Waals surface area contributed by atoms with Gasteiger partial charge in [-0.3, -0.25) is 9.59 Å². The maximum Gasteiger partial charge on any atom is 0.295 e. The Hall–Kier alpha value is -2.90. The first kappa shape index (κ1) is 24.7. The molecule has 0 radical (unpaired) electrons. The van der Waals surface area contributed by atoms with Crippen molar-refractivity contribution in [2.45, 2.75) is 26.8 Å². The number of likely N-dealkylation sites (tertiary alicyclic amines) is 1. The molecule has 0 bridgehead atoms. The predicted octanol–water partition coefficient (Wildman–Crippen LogP) is 4.64. The molecule has 0 aliphatic carbocycles. The van der Waals surface area contributed by atoms with Crippen LogP contribution in [0.4, 0.5) is 4.39 Å². The molecule has 1 fully saturated rings. The highest BCUT2D eigenvalue weighted by Crippen LogP contribution is 2.41. The lowest BCUT2D eigenvalue weighted by Crippen LogP contribution is -2.38. The molecule has 1 aliphatic rings. The van der Waals surface area contributed by atoms with Gasteiger partial charge < -0.3 is 19.6 Å². The molecule has 1 unspecified atom stereocenters. The van der Waals surface area contributed by atoms with Crippen molar-refractivity contribution in [2.24, 2.45) is 0 Å². The SMILES string of the molecule is CCOc1ccc(Cl)c(/C(O)=C2\C(=O)C(=O)N(CCN(CC)CC)C2c2ccccc2F)c1. The van der Waals surface area contributed by atoms with Gasteiger partial charge in [0.25, 0.3) is 11.7 Å². The van der Waals surface area contributed by atoms with Gasteiger partial charge in [-0.25, -0.2) is 4.39 Å². The lowest BCUT2D eigenvalue weighted by molar-refractivity contribution is -0.140. The van der Waals surface area contributed by atoms with E-state index in [2.05, 4.69) is 4.90 Å². The summed E-state index contributed by atoms with van der Waals surface area (Å²) in [4.78, 5) is 29.6. The Balaban J connectivity index is 2.16. The first-order valence-electron chi connectivity index (χ1n) is 11.0. The van der Waals surface area contributed by atoms with Crippen molar-refractivity contribution in [3.05, 3.63) is 70.0 Å². The topological polar surface area (TPSA) is 70.1 Å². The van der Waals surface area contributed by atoms with Gasteiger partial charge in [-0.2, -0.15) is 0 Å². The van der Waals surface area contributed by atoms with Crippen LogP contribution in [0.25, 0.3) is 5.76 Å². The molecule has 1 aliphatic heterocycles. The summed E-state index contributed by atoms with van der Waals surface area (Å²) in [6.45, 7) is 8.45. The van der Waals surface area contributed by atoms with E-state index in [1.165, 1.54) is 35.2 Å². The average molecular weight is 475 g/mol. The minimum Gasteiger partial charge on any atom is -0.507 e. The molecule has 176 valence electrons. The highest BCUT2D eigenvalue weighted by molar-refractivity contribution is 6.47. The van der Waals surface area contributed by atoms with Crippen LogP contribution in [-0.2, 0) is 9.59 Å². The predicted molar refractivity (Wildman–Crippen MR) is 126 cm³/mol. The quantitative estimate of drug-likeness (QED) is 0.325. The molecule has 8 heteroatoms. The van der Waals surface area contributed by atoms with E-state index >= 15 is 0 Å². The number of rotatable bonds is 9. The van der Waals surface area contributed by atoms with Crippen LogP contribution in [0, 0.1) is 5.82 Å². The van der Waals surface area contributed by atoms with E-state index in [9.17, 15) is 19.1 Å². The van der Waals surface area contributed by atoms with Gasteiger partial charge in [0, 0.05) is 24.2 Å². The molecule has 1 heterocycles. The van der Waals surface area contributed by atoms with E-state index in [0.29, 0.717) is 18.9 Å². The second kappa shape index (κ2) is 10.8. The van der Waals surface area contributed by atoms with Gasteiger partial charge in [0.15, 0.2) is 0 Å². The zero-order valence-corrected chi connectivity index (χ0v) is 19.7. The van der Waals surface area contributed by atoms with Crippen LogP contribution >= 0.6 is 11.6 Å². The molecule has 1 saturated heterocycles. The number of aliphatic hydroxyl groups is 1. The van der Waals surface area contributed by atoms with Crippen molar-refractivity contribution in [2.75, 3.05) is 32.8 Å². The number of benzene rings is 2. The number of carbonyl (C=O) groups excluding carboxylic acids is 2. The van der Waals surface area contributed by atoms with Crippen molar-refractivity contribution in [1.29, 1.82) is 0 Å². The summed E-state index contributed by atoms with van der Waals surface area (Å²) in [5.41, 5.74) is 0.0841. The van der Waals surface area contributed by atoms with Gasteiger partial charge in [0.2, 0.25) is 0 Å². The second-order valence-corrected chi connectivity index (χ2v) is 8.02. The molecule has 0 saturated carbocycles. The summed E-state index contributed by atoms with van der Waals surface area (Å²) in [6, 6.07) is 9.55. The van der Waals surface area contributed by atoms with Crippen molar-refractivity contribution >= 4 is 29.1 Å². The molecule has 1 amide bonds.